The SMILES string of the molecule is N#CCNS(=O)(=O)c1ccn[nH]1. The zero-order chi connectivity index (χ0) is 9.03. The predicted molar refractivity (Wildman–Crippen MR) is 39.4 cm³/mol. The highest BCUT2D eigenvalue weighted by Gasteiger charge is 2.13. The van der Waals surface area contributed by atoms with Gasteiger partial charge >= 0.3 is 0 Å². The first-order valence-corrected chi connectivity index (χ1v) is 4.51. The number of nitrogens with zero attached hydrogens (tertiary/aromatic N) is 2. The molecule has 0 aromatic carbocycles. The summed E-state index contributed by atoms with van der Waals surface area (Å²) in [5.74, 6) is 0. The molecule has 0 saturated carbocycles. The lowest BCUT2D eigenvalue weighted by atomic mass is 10.8. The van der Waals surface area contributed by atoms with Crippen molar-refractivity contribution in [1.29, 1.82) is 5.26 Å². The third kappa shape index (κ3) is 1.81. The summed E-state index contributed by atoms with van der Waals surface area (Å²) < 4.78 is 24.3. The maximum absolute atomic E-state index is 11.1. The van der Waals surface area contributed by atoms with E-state index in [0.29, 0.717) is 0 Å². The predicted octanol–water partition coefficient (Wildman–Crippen LogP) is -0.788. The second-order valence-electron chi connectivity index (χ2n) is 1.90. The molecular weight excluding hydrogens is 180 g/mol. The van der Waals surface area contributed by atoms with Crippen LogP contribution in [0.2, 0.25) is 0 Å². The number of nitrogens with one attached hydrogen (secondary N) is 2. The third-order valence-corrected chi connectivity index (χ3v) is 2.44. The Morgan fingerprint density at radius 1 is 1.75 bits per heavy atom. The molecule has 1 rings (SSSR count). The van der Waals surface area contributed by atoms with Crippen molar-refractivity contribution in [2.75, 3.05) is 6.54 Å². The first kappa shape index (κ1) is 8.70. The van der Waals surface area contributed by atoms with Gasteiger partial charge in [-0.05, 0) is 6.07 Å². The maximum Gasteiger partial charge on any atom is 0.258 e. The van der Waals surface area contributed by atoms with Crippen molar-refractivity contribution < 1.29 is 8.42 Å². The number of nitriles is 1. The van der Waals surface area contributed by atoms with Crippen molar-refractivity contribution in [2.45, 2.75) is 5.03 Å². The molecule has 7 heteroatoms. The van der Waals surface area contributed by atoms with Gasteiger partial charge in [0.05, 0.1) is 18.8 Å². The summed E-state index contributed by atoms with van der Waals surface area (Å²) in [4.78, 5) is 0. The molecule has 1 aromatic heterocycles. The fraction of sp³-hybridized carbons (Fsp3) is 0.200. The molecule has 0 spiro atoms. The van der Waals surface area contributed by atoms with E-state index in [4.69, 9.17) is 5.26 Å². The number of hydrogen-bond donors (Lipinski definition) is 2. The normalized spacial score (nSPS) is 10.9. The molecule has 12 heavy (non-hydrogen) atoms. The van der Waals surface area contributed by atoms with Gasteiger partial charge in [0.25, 0.3) is 10.0 Å². The summed E-state index contributed by atoms with van der Waals surface area (Å²) in [5.41, 5.74) is 0. The molecule has 0 atom stereocenters. The minimum absolute atomic E-state index is 0.0437. The molecule has 0 fully saturated rings. The Morgan fingerprint density at radius 3 is 3.00 bits per heavy atom. The standard InChI is InChI=1S/C5H6N4O2S/c6-2-4-8-12(10,11)5-1-3-7-9-5/h1,3,8H,4H2,(H,7,9). The van der Waals surface area contributed by atoms with Gasteiger partial charge in [0, 0.05) is 0 Å². The quantitative estimate of drug-likeness (QED) is 0.604. The third-order valence-electron chi connectivity index (χ3n) is 1.11. The van der Waals surface area contributed by atoms with Crippen molar-refractivity contribution in [3.05, 3.63) is 12.3 Å². The lowest BCUT2D eigenvalue weighted by molar-refractivity contribution is 0.581. The molecule has 1 aromatic rings. The fourth-order valence-electron chi connectivity index (χ4n) is 0.598. The summed E-state index contributed by atoms with van der Waals surface area (Å²) in [6.07, 6.45) is 1.32. The van der Waals surface area contributed by atoms with Crippen LogP contribution in [-0.2, 0) is 10.0 Å². The molecule has 64 valence electrons. The molecule has 0 unspecified atom stereocenters. The van der Waals surface area contributed by atoms with Crippen molar-refractivity contribution in [3.63, 3.8) is 0 Å². The molecule has 1 heterocycles. The van der Waals surface area contributed by atoms with Crippen LogP contribution < -0.4 is 4.72 Å². The molecule has 2 N–H and O–H groups in total. The van der Waals surface area contributed by atoms with Crippen LogP contribution in [0.3, 0.4) is 0 Å². The summed E-state index contributed by atoms with van der Waals surface area (Å²) >= 11 is 0. The van der Waals surface area contributed by atoms with Crippen LogP contribution in [-0.4, -0.2) is 25.2 Å². The van der Waals surface area contributed by atoms with Gasteiger partial charge in [0.2, 0.25) is 0 Å². The Bertz CT molecular complexity index is 374. The molecule has 0 aliphatic rings. The molecule has 0 aliphatic heterocycles. The number of rotatable bonds is 3. The largest absolute Gasteiger partial charge is 0.266 e. The zero-order valence-electron chi connectivity index (χ0n) is 5.98. The minimum Gasteiger partial charge on any atom is -0.266 e. The molecule has 0 aliphatic carbocycles. The Kier molecular flexibility index (Phi) is 2.42. The Labute approximate surface area is 69.3 Å². The average Bonchev–Trinajstić information content (AvgIpc) is 2.53. The number of hydrogen-bond acceptors (Lipinski definition) is 4. The summed E-state index contributed by atoms with van der Waals surface area (Å²) in [5, 5.41) is 13.8. The highest BCUT2D eigenvalue weighted by molar-refractivity contribution is 7.89. The van der Waals surface area contributed by atoms with Crippen LogP contribution in [0.4, 0.5) is 0 Å². The van der Waals surface area contributed by atoms with Crippen LogP contribution in [0, 0.1) is 11.3 Å². The van der Waals surface area contributed by atoms with E-state index in [-0.39, 0.29) is 11.6 Å². The van der Waals surface area contributed by atoms with Crippen LogP contribution in [0.25, 0.3) is 0 Å². The Balaban J connectivity index is 2.83. The lowest BCUT2D eigenvalue weighted by Gasteiger charge is -1.97. The first-order valence-electron chi connectivity index (χ1n) is 3.03. The topological polar surface area (TPSA) is 98.6 Å². The minimum atomic E-state index is -3.57. The van der Waals surface area contributed by atoms with Crippen LogP contribution in [0.1, 0.15) is 0 Å². The molecular formula is C5H6N4O2S. The summed E-state index contributed by atoms with van der Waals surface area (Å²) in [7, 11) is -3.57. The second kappa shape index (κ2) is 3.34. The van der Waals surface area contributed by atoms with Gasteiger partial charge < -0.3 is 0 Å². The van der Waals surface area contributed by atoms with E-state index in [1.54, 1.807) is 6.07 Å². The van der Waals surface area contributed by atoms with E-state index < -0.39 is 10.0 Å². The number of sulfonamides is 1. The lowest BCUT2D eigenvalue weighted by Crippen LogP contribution is -2.24. The molecule has 0 amide bonds. The van der Waals surface area contributed by atoms with Gasteiger partial charge in [0.1, 0.15) is 0 Å². The van der Waals surface area contributed by atoms with Crippen LogP contribution in [0.5, 0.6) is 0 Å². The van der Waals surface area contributed by atoms with Crippen molar-refractivity contribution in [1.82, 2.24) is 14.9 Å². The summed E-state index contributed by atoms with van der Waals surface area (Å²) in [6.45, 7) is -0.249. The number of aromatic amines is 1. The molecule has 0 radical (unpaired) electrons. The molecule has 0 saturated heterocycles. The van der Waals surface area contributed by atoms with Gasteiger partial charge in [-0.25, -0.2) is 8.42 Å². The van der Waals surface area contributed by atoms with Crippen LogP contribution in [0.15, 0.2) is 17.3 Å². The van der Waals surface area contributed by atoms with E-state index in [2.05, 4.69) is 14.9 Å². The number of aromatic nitrogens is 2. The van der Waals surface area contributed by atoms with Crippen molar-refractivity contribution >= 4 is 10.0 Å². The van der Waals surface area contributed by atoms with E-state index in [9.17, 15) is 8.42 Å². The highest BCUT2D eigenvalue weighted by atomic mass is 32.2. The average molecular weight is 186 g/mol. The maximum atomic E-state index is 11.1. The smallest absolute Gasteiger partial charge is 0.258 e. The van der Waals surface area contributed by atoms with E-state index in [1.807, 2.05) is 0 Å². The fourth-order valence-corrected chi connectivity index (χ4v) is 1.42. The summed E-state index contributed by atoms with van der Waals surface area (Å²) in [6, 6.07) is 2.97. The van der Waals surface area contributed by atoms with Gasteiger partial charge in [-0.2, -0.15) is 15.1 Å². The van der Waals surface area contributed by atoms with Crippen LogP contribution >= 0.6 is 0 Å². The highest BCUT2D eigenvalue weighted by Crippen LogP contribution is 2.00. The first-order chi connectivity index (χ1) is 5.67. The monoisotopic (exact) mass is 186 g/mol. The van der Waals surface area contributed by atoms with E-state index in [1.165, 1.54) is 12.3 Å². The Morgan fingerprint density at radius 2 is 2.50 bits per heavy atom. The van der Waals surface area contributed by atoms with E-state index in [0.717, 1.165) is 0 Å². The van der Waals surface area contributed by atoms with Gasteiger partial charge in [-0.15, -0.1) is 0 Å². The number of H-pyrrole nitrogens is 1. The zero-order valence-corrected chi connectivity index (χ0v) is 6.80. The van der Waals surface area contributed by atoms with Gasteiger partial charge in [0.15, 0.2) is 5.03 Å². The van der Waals surface area contributed by atoms with Gasteiger partial charge in [-0.3, -0.25) is 5.10 Å². The molecule has 0 bridgehead atoms. The Hall–Kier alpha value is -1.39. The second-order valence-corrected chi connectivity index (χ2v) is 3.64. The molecule has 6 nitrogen and oxygen atoms in total. The van der Waals surface area contributed by atoms with Crippen molar-refractivity contribution in [2.24, 2.45) is 0 Å². The van der Waals surface area contributed by atoms with Crippen molar-refractivity contribution in [3.8, 4) is 6.07 Å². The van der Waals surface area contributed by atoms with Gasteiger partial charge in [-0.1, -0.05) is 0 Å². The van der Waals surface area contributed by atoms with E-state index >= 15 is 0 Å².